The van der Waals surface area contributed by atoms with E-state index < -0.39 is 0 Å². The first-order chi connectivity index (χ1) is 10.6. The molecule has 3 nitrogen and oxygen atoms in total. The minimum absolute atomic E-state index is 0.00557. The van der Waals surface area contributed by atoms with E-state index in [1.165, 1.54) is 0 Å². The number of Topliss-reactive ketones (excluding diaryl/α,β-unsaturated/α-hetero) is 1. The fraction of sp³-hybridized carbons (Fsp3) is 0.0588. The zero-order chi connectivity index (χ0) is 15.3. The second kappa shape index (κ2) is 5.11. The van der Waals surface area contributed by atoms with Crippen LogP contribution in [-0.2, 0) is 0 Å². The van der Waals surface area contributed by atoms with Gasteiger partial charge in [0, 0.05) is 21.2 Å². The zero-order valence-electron chi connectivity index (χ0n) is 11.3. The number of hydrogen-bond acceptors (Lipinski definition) is 3. The molecule has 0 radical (unpaired) electrons. The maximum atomic E-state index is 12.8. The molecule has 1 heterocycles. The van der Waals surface area contributed by atoms with Gasteiger partial charge < -0.3 is 5.32 Å². The van der Waals surface area contributed by atoms with Crippen LogP contribution in [0.1, 0.15) is 26.7 Å². The summed E-state index contributed by atoms with van der Waals surface area (Å²) in [6.07, 6.45) is 0. The van der Waals surface area contributed by atoms with Gasteiger partial charge in [0.25, 0.3) is 5.24 Å². The second-order valence-corrected chi connectivity index (χ2v) is 7.12. The highest BCUT2D eigenvalue weighted by atomic mass is 79.9. The summed E-state index contributed by atoms with van der Waals surface area (Å²) in [4.78, 5) is 24.8. The van der Waals surface area contributed by atoms with Crippen molar-refractivity contribution >= 4 is 44.4 Å². The molecule has 0 spiro atoms. The molecule has 22 heavy (non-hydrogen) atoms. The average Bonchev–Trinajstić information content (AvgIpc) is 2.81. The summed E-state index contributed by atoms with van der Waals surface area (Å²) in [5, 5.41) is 2.45. The number of hydrogen-bond donors (Lipinski definition) is 1. The fourth-order valence-corrected chi connectivity index (χ4v) is 4.13. The molecular formula is C17H10BrNO2S. The van der Waals surface area contributed by atoms with Crippen molar-refractivity contribution in [2.45, 2.75) is 5.25 Å². The van der Waals surface area contributed by atoms with Crippen molar-refractivity contribution in [2.24, 2.45) is 0 Å². The number of nitrogens with one attached hydrogen (secondary N) is 1. The van der Waals surface area contributed by atoms with Gasteiger partial charge in [-0.2, -0.15) is 0 Å². The van der Waals surface area contributed by atoms with Gasteiger partial charge in [-0.3, -0.25) is 9.59 Å². The molecule has 2 aromatic carbocycles. The SMILES string of the molecule is O=C1NC2=C(C(=O)c3ccccc32)C(c2ccc(Br)cc2)S1. The molecule has 0 aromatic heterocycles. The minimum atomic E-state index is -0.267. The Morgan fingerprint density at radius 1 is 0.955 bits per heavy atom. The zero-order valence-corrected chi connectivity index (χ0v) is 13.7. The van der Waals surface area contributed by atoms with E-state index in [0.717, 1.165) is 27.4 Å². The number of carbonyl (C=O) groups is 2. The van der Waals surface area contributed by atoms with Crippen molar-refractivity contribution in [1.29, 1.82) is 0 Å². The van der Waals surface area contributed by atoms with Crippen LogP contribution in [0, 0.1) is 0 Å². The van der Waals surface area contributed by atoms with Crippen LogP contribution < -0.4 is 5.32 Å². The summed E-state index contributed by atoms with van der Waals surface area (Å²) in [5.74, 6) is 0.00557. The van der Waals surface area contributed by atoms with Crippen LogP contribution in [0.3, 0.4) is 0 Å². The Bertz CT molecular complexity index is 842. The molecule has 1 aliphatic carbocycles. The van der Waals surface area contributed by atoms with Crippen LogP contribution in [0.15, 0.2) is 58.6 Å². The number of rotatable bonds is 1. The Kier molecular flexibility index (Phi) is 3.20. The lowest BCUT2D eigenvalue weighted by Crippen LogP contribution is -2.25. The molecule has 2 aromatic rings. The molecule has 1 unspecified atom stereocenters. The third-order valence-electron chi connectivity index (χ3n) is 3.84. The molecule has 0 bridgehead atoms. The molecule has 1 aliphatic heterocycles. The van der Waals surface area contributed by atoms with Gasteiger partial charge in [0.15, 0.2) is 5.78 Å². The predicted octanol–water partition coefficient (Wildman–Crippen LogP) is 4.55. The first-order valence-electron chi connectivity index (χ1n) is 6.76. The van der Waals surface area contributed by atoms with E-state index in [1.54, 1.807) is 0 Å². The Hall–Kier alpha value is -1.85. The first kappa shape index (κ1) is 13.8. The van der Waals surface area contributed by atoms with Crippen LogP contribution in [0.25, 0.3) is 5.70 Å². The van der Waals surface area contributed by atoms with Crippen molar-refractivity contribution in [2.75, 3.05) is 0 Å². The average molecular weight is 372 g/mol. The van der Waals surface area contributed by atoms with E-state index in [2.05, 4.69) is 21.2 Å². The van der Waals surface area contributed by atoms with Gasteiger partial charge in [0.05, 0.1) is 10.9 Å². The largest absolute Gasteiger partial charge is 0.316 e. The number of thioether (sulfide) groups is 1. The van der Waals surface area contributed by atoms with Gasteiger partial charge >= 0.3 is 0 Å². The van der Waals surface area contributed by atoms with Crippen LogP contribution >= 0.6 is 27.7 Å². The third-order valence-corrected chi connectivity index (χ3v) is 5.43. The highest BCUT2D eigenvalue weighted by Gasteiger charge is 2.40. The monoisotopic (exact) mass is 371 g/mol. The molecule has 0 saturated heterocycles. The lowest BCUT2D eigenvalue weighted by atomic mass is 10.0. The van der Waals surface area contributed by atoms with Crippen LogP contribution in [-0.4, -0.2) is 11.0 Å². The van der Waals surface area contributed by atoms with Gasteiger partial charge in [-0.05, 0) is 17.7 Å². The Morgan fingerprint density at radius 3 is 2.36 bits per heavy atom. The van der Waals surface area contributed by atoms with Crippen LogP contribution in [0.4, 0.5) is 4.79 Å². The van der Waals surface area contributed by atoms with Gasteiger partial charge in [0.1, 0.15) is 0 Å². The minimum Gasteiger partial charge on any atom is -0.316 e. The summed E-state index contributed by atoms with van der Waals surface area (Å²) >= 11 is 4.56. The van der Waals surface area contributed by atoms with Gasteiger partial charge in [-0.25, -0.2) is 0 Å². The van der Waals surface area contributed by atoms with Crippen molar-refractivity contribution in [3.05, 3.63) is 75.3 Å². The molecule has 0 saturated carbocycles. The molecule has 1 atom stereocenters. The first-order valence-corrected chi connectivity index (χ1v) is 8.44. The van der Waals surface area contributed by atoms with Gasteiger partial charge in [-0.15, -0.1) is 0 Å². The Morgan fingerprint density at radius 2 is 1.64 bits per heavy atom. The van der Waals surface area contributed by atoms with Gasteiger partial charge in [-0.1, -0.05) is 64.1 Å². The number of amides is 1. The number of benzene rings is 2. The highest BCUT2D eigenvalue weighted by Crippen LogP contribution is 2.48. The molecule has 5 heteroatoms. The Balaban J connectivity index is 1.88. The normalized spacial score (nSPS) is 19.8. The predicted molar refractivity (Wildman–Crippen MR) is 90.7 cm³/mol. The molecule has 2 aliphatic rings. The van der Waals surface area contributed by atoms with E-state index >= 15 is 0 Å². The number of carbonyl (C=O) groups excluding carboxylic acids is 2. The number of halogens is 1. The van der Waals surface area contributed by atoms with E-state index in [4.69, 9.17) is 0 Å². The maximum absolute atomic E-state index is 12.8. The molecule has 1 N–H and O–H groups in total. The summed E-state index contributed by atoms with van der Waals surface area (Å²) in [6, 6.07) is 15.2. The van der Waals surface area contributed by atoms with E-state index in [-0.39, 0.29) is 16.3 Å². The van der Waals surface area contributed by atoms with E-state index in [0.29, 0.717) is 16.8 Å². The summed E-state index contributed by atoms with van der Waals surface area (Å²) in [6.45, 7) is 0. The second-order valence-electron chi connectivity index (χ2n) is 5.13. The van der Waals surface area contributed by atoms with Crippen LogP contribution in [0.2, 0.25) is 0 Å². The molecule has 0 fully saturated rings. The lowest BCUT2D eigenvalue weighted by molar-refractivity contribution is 0.103. The number of ketones is 1. The highest BCUT2D eigenvalue weighted by molar-refractivity contribution is 9.10. The van der Waals surface area contributed by atoms with Crippen LogP contribution in [0.5, 0.6) is 0 Å². The van der Waals surface area contributed by atoms with Gasteiger partial charge in [0.2, 0.25) is 0 Å². The lowest BCUT2D eigenvalue weighted by Gasteiger charge is -2.24. The van der Waals surface area contributed by atoms with E-state index in [1.807, 2.05) is 48.5 Å². The van der Waals surface area contributed by atoms with Crippen molar-refractivity contribution in [1.82, 2.24) is 5.32 Å². The maximum Gasteiger partial charge on any atom is 0.284 e. The topological polar surface area (TPSA) is 46.2 Å². The van der Waals surface area contributed by atoms with Crippen molar-refractivity contribution in [3.8, 4) is 0 Å². The molecule has 108 valence electrons. The smallest absolute Gasteiger partial charge is 0.284 e. The number of fused-ring (bicyclic) bond motifs is 2. The third kappa shape index (κ3) is 2.04. The summed E-state index contributed by atoms with van der Waals surface area (Å²) in [5.41, 5.74) is 3.78. The molecule has 4 rings (SSSR count). The standard InChI is InChI=1S/C17H10BrNO2S/c18-10-7-5-9(6-8-10)16-13-14(19-17(21)22-16)11-3-1-2-4-12(11)15(13)20/h1-8,16H,(H,19,21). The van der Waals surface area contributed by atoms with E-state index in [9.17, 15) is 9.59 Å². The molecular weight excluding hydrogens is 362 g/mol. The molecule has 1 amide bonds. The fourth-order valence-electron chi connectivity index (χ4n) is 2.86. The van der Waals surface area contributed by atoms with Crippen molar-refractivity contribution < 1.29 is 9.59 Å². The Labute approximate surface area is 139 Å². The quantitative estimate of drug-likeness (QED) is 0.799. The summed E-state index contributed by atoms with van der Waals surface area (Å²) in [7, 11) is 0. The summed E-state index contributed by atoms with van der Waals surface area (Å²) < 4.78 is 0.969. The van der Waals surface area contributed by atoms with Crippen molar-refractivity contribution in [3.63, 3.8) is 0 Å².